The number of nitrogens with one attached hydrogen (secondary N) is 2. The van der Waals surface area contributed by atoms with E-state index in [1.54, 1.807) is 25.1 Å². The van der Waals surface area contributed by atoms with E-state index < -0.39 is 10.0 Å². The minimum absolute atomic E-state index is 0.0657. The lowest BCUT2D eigenvalue weighted by Gasteiger charge is -2.10. The number of benzene rings is 1. The Bertz CT molecular complexity index is 695. The molecule has 0 saturated carbocycles. The molecule has 2 aromatic rings. The third-order valence-corrected chi connectivity index (χ3v) is 4.46. The molecule has 1 heterocycles. The van der Waals surface area contributed by atoms with Crippen molar-refractivity contribution in [1.29, 1.82) is 0 Å². The topological polar surface area (TPSA) is 82.2 Å². The number of halogens is 1. The number of hydrogen-bond acceptors (Lipinski definition) is 3. The van der Waals surface area contributed by atoms with E-state index in [4.69, 9.17) is 16.7 Å². The second kappa shape index (κ2) is 5.24. The van der Waals surface area contributed by atoms with E-state index in [9.17, 15) is 8.42 Å². The minimum atomic E-state index is -3.69. The standard InChI is InChI=1S/C12H13ClN2O3S/c1-8-11(13)3-2-4-12(8)15-19(17,18)10-5-9(7-16)14-6-10/h2-6,14-16H,7H2,1H3. The Hall–Kier alpha value is -1.50. The van der Waals surface area contributed by atoms with E-state index >= 15 is 0 Å². The molecular weight excluding hydrogens is 288 g/mol. The average Bonchev–Trinajstić information content (AvgIpc) is 2.84. The molecule has 0 radical (unpaired) electrons. The summed E-state index contributed by atoms with van der Waals surface area (Å²) >= 11 is 5.94. The zero-order valence-corrected chi connectivity index (χ0v) is 11.7. The largest absolute Gasteiger partial charge is 0.390 e. The summed E-state index contributed by atoms with van der Waals surface area (Å²) in [6, 6.07) is 6.37. The van der Waals surface area contributed by atoms with Crippen LogP contribution in [0, 0.1) is 6.92 Å². The first-order valence-corrected chi connectivity index (χ1v) is 7.36. The number of rotatable bonds is 4. The molecule has 0 atom stereocenters. The molecule has 2 rings (SSSR count). The van der Waals surface area contributed by atoms with Crippen LogP contribution in [0.3, 0.4) is 0 Å². The SMILES string of the molecule is Cc1c(Cl)cccc1NS(=O)(=O)c1c[nH]c(CO)c1. The quantitative estimate of drug-likeness (QED) is 0.810. The maximum absolute atomic E-state index is 12.1. The van der Waals surface area contributed by atoms with Crippen molar-refractivity contribution in [2.45, 2.75) is 18.4 Å². The highest BCUT2D eigenvalue weighted by molar-refractivity contribution is 7.92. The fourth-order valence-corrected chi connectivity index (χ4v) is 2.90. The zero-order chi connectivity index (χ0) is 14.0. The Labute approximate surface area is 116 Å². The first kappa shape index (κ1) is 13.9. The summed E-state index contributed by atoms with van der Waals surface area (Å²) in [6.45, 7) is 1.49. The lowest BCUT2D eigenvalue weighted by molar-refractivity contribution is 0.277. The van der Waals surface area contributed by atoms with E-state index in [2.05, 4.69) is 9.71 Å². The molecule has 7 heteroatoms. The molecule has 0 saturated heterocycles. The first-order valence-electron chi connectivity index (χ1n) is 5.50. The molecule has 0 aliphatic carbocycles. The highest BCUT2D eigenvalue weighted by Crippen LogP contribution is 2.25. The first-order chi connectivity index (χ1) is 8.94. The maximum atomic E-state index is 12.1. The molecule has 102 valence electrons. The molecule has 0 aliphatic heterocycles. The third-order valence-electron chi connectivity index (χ3n) is 2.71. The predicted molar refractivity (Wildman–Crippen MR) is 73.7 cm³/mol. The van der Waals surface area contributed by atoms with Crippen LogP contribution >= 0.6 is 11.6 Å². The van der Waals surface area contributed by atoms with Gasteiger partial charge in [-0.05, 0) is 30.7 Å². The number of H-pyrrole nitrogens is 1. The van der Waals surface area contributed by atoms with Crippen molar-refractivity contribution in [3.05, 3.63) is 46.7 Å². The van der Waals surface area contributed by atoms with Crippen molar-refractivity contribution in [2.24, 2.45) is 0 Å². The summed E-state index contributed by atoms with van der Waals surface area (Å²) < 4.78 is 26.7. The highest BCUT2D eigenvalue weighted by Gasteiger charge is 2.17. The number of aromatic nitrogens is 1. The van der Waals surface area contributed by atoms with Crippen LogP contribution in [0.1, 0.15) is 11.3 Å². The van der Waals surface area contributed by atoms with E-state index in [0.717, 1.165) is 0 Å². The summed E-state index contributed by atoms with van der Waals surface area (Å²) in [7, 11) is -3.69. The molecule has 0 spiro atoms. The Morgan fingerprint density at radius 2 is 2.16 bits per heavy atom. The van der Waals surface area contributed by atoms with Gasteiger partial charge in [-0.1, -0.05) is 17.7 Å². The van der Waals surface area contributed by atoms with E-state index in [-0.39, 0.29) is 11.5 Å². The van der Waals surface area contributed by atoms with E-state index in [0.29, 0.717) is 22.0 Å². The van der Waals surface area contributed by atoms with Gasteiger partial charge in [0.1, 0.15) is 4.90 Å². The summed E-state index contributed by atoms with van der Waals surface area (Å²) in [5.74, 6) is 0. The predicted octanol–water partition coefficient (Wildman–Crippen LogP) is 2.27. The van der Waals surface area contributed by atoms with Gasteiger partial charge in [-0.25, -0.2) is 8.42 Å². The lowest BCUT2D eigenvalue weighted by atomic mass is 10.2. The van der Waals surface area contributed by atoms with E-state index in [1.807, 2.05) is 0 Å². The lowest BCUT2D eigenvalue weighted by Crippen LogP contribution is -2.13. The number of aromatic amines is 1. The monoisotopic (exact) mass is 300 g/mol. The van der Waals surface area contributed by atoms with Gasteiger partial charge < -0.3 is 10.1 Å². The Morgan fingerprint density at radius 1 is 1.42 bits per heavy atom. The average molecular weight is 301 g/mol. The molecule has 3 N–H and O–H groups in total. The van der Waals surface area contributed by atoms with Crippen LogP contribution < -0.4 is 4.72 Å². The Morgan fingerprint density at radius 3 is 2.79 bits per heavy atom. The van der Waals surface area contributed by atoms with Crippen LogP contribution in [0.25, 0.3) is 0 Å². The molecule has 0 amide bonds. The van der Waals surface area contributed by atoms with Gasteiger partial charge in [-0.15, -0.1) is 0 Å². The molecule has 5 nitrogen and oxygen atoms in total. The van der Waals surface area contributed by atoms with Crippen LogP contribution in [-0.4, -0.2) is 18.5 Å². The molecule has 19 heavy (non-hydrogen) atoms. The van der Waals surface area contributed by atoms with Crippen molar-refractivity contribution in [3.8, 4) is 0 Å². The number of hydrogen-bond donors (Lipinski definition) is 3. The van der Waals surface area contributed by atoms with Gasteiger partial charge in [-0.2, -0.15) is 0 Å². The van der Waals surface area contributed by atoms with Gasteiger partial charge in [-0.3, -0.25) is 4.72 Å². The summed E-state index contributed by atoms with van der Waals surface area (Å²) in [4.78, 5) is 2.74. The fraction of sp³-hybridized carbons (Fsp3) is 0.167. The second-order valence-electron chi connectivity index (χ2n) is 4.04. The Kier molecular flexibility index (Phi) is 3.84. The number of aliphatic hydroxyl groups excluding tert-OH is 1. The number of aliphatic hydroxyl groups is 1. The van der Waals surface area contributed by atoms with Gasteiger partial charge in [0.2, 0.25) is 0 Å². The van der Waals surface area contributed by atoms with Crippen molar-refractivity contribution >= 4 is 27.3 Å². The van der Waals surface area contributed by atoms with Crippen molar-refractivity contribution < 1.29 is 13.5 Å². The summed E-state index contributed by atoms with van der Waals surface area (Å²) in [5.41, 5.74) is 1.52. The molecule has 1 aromatic heterocycles. The van der Waals surface area contributed by atoms with Gasteiger partial charge in [0.25, 0.3) is 10.0 Å². The van der Waals surface area contributed by atoms with Gasteiger partial charge in [0.05, 0.1) is 12.3 Å². The zero-order valence-electron chi connectivity index (χ0n) is 10.1. The molecule has 1 aromatic carbocycles. The highest BCUT2D eigenvalue weighted by atomic mass is 35.5. The van der Waals surface area contributed by atoms with Gasteiger partial charge in [0, 0.05) is 16.9 Å². The van der Waals surface area contributed by atoms with Crippen molar-refractivity contribution in [3.63, 3.8) is 0 Å². The van der Waals surface area contributed by atoms with Crippen LogP contribution in [-0.2, 0) is 16.6 Å². The Balaban J connectivity index is 2.33. The smallest absolute Gasteiger partial charge is 0.263 e. The third kappa shape index (κ3) is 2.91. The maximum Gasteiger partial charge on any atom is 0.263 e. The van der Waals surface area contributed by atoms with Crippen molar-refractivity contribution in [1.82, 2.24) is 4.98 Å². The molecule has 0 unspecified atom stereocenters. The normalized spacial score (nSPS) is 11.5. The molecular formula is C12H13ClN2O3S. The molecule has 0 fully saturated rings. The second-order valence-corrected chi connectivity index (χ2v) is 6.13. The van der Waals surface area contributed by atoms with Crippen LogP contribution in [0.5, 0.6) is 0 Å². The van der Waals surface area contributed by atoms with Gasteiger partial charge >= 0.3 is 0 Å². The van der Waals surface area contributed by atoms with Crippen LogP contribution in [0.4, 0.5) is 5.69 Å². The number of sulfonamides is 1. The van der Waals surface area contributed by atoms with Gasteiger partial charge in [0.15, 0.2) is 0 Å². The van der Waals surface area contributed by atoms with Crippen LogP contribution in [0.2, 0.25) is 5.02 Å². The van der Waals surface area contributed by atoms with E-state index in [1.165, 1.54) is 12.3 Å². The van der Waals surface area contributed by atoms with Crippen LogP contribution in [0.15, 0.2) is 35.4 Å². The minimum Gasteiger partial charge on any atom is -0.390 e. The molecule has 0 aliphatic rings. The van der Waals surface area contributed by atoms with Crippen molar-refractivity contribution in [2.75, 3.05) is 4.72 Å². The molecule has 0 bridgehead atoms. The number of anilines is 1. The summed E-state index contributed by atoms with van der Waals surface area (Å²) in [6.07, 6.45) is 1.33. The summed E-state index contributed by atoms with van der Waals surface area (Å²) in [5, 5.41) is 9.41. The fourth-order valence-electron chi connectivity index (χ4n) is 1.59.